The van der Waals surface area contributed by atoms with Crippen molar-refractivity contribution in [1.29, 1.82) is 5.26 Å². The zero-order valence-corrected chi connectivity index (χ0v) is 10.2. The van der Waals surface area contributed by atoms with E-state index in [0.717, 1.165) is 50.4 Å². The second-order valence-electron chi connectivity index (χ2n) is 4.39. The fourth-order valence-corrected chi connectivity index (χ4v) is 2.23. The maximum Gasteiger partial charge on any atom is 0.100 e. The lowest BCUT2D eigenvalue weighted by Crippen LogP contribution is -2.11. The maximum atomic E-state index is 8.81. The monoisotopic (exact) mass is 234 g/mol. The van der Waals surface area contributed by atoms with Gasteiger partial charge in [-0.05, 0) is 12.8 Å². The molecule has 0 radical (unpaired) electrons. The summed E-state index contributed by atoms with van der Waals surface area (Å²) in [4.78, 5) is 0. The van der Waals surface area contributed by atoms with Gasteiger partial charge in [0.15, 0.2) is 0 Å². The number of unbranched alkanes of at least 4 members (excludes halogenated alkanes) is 1. The summed E-state index contributed by atoms with van der Waals surface area (Å²) < 4.78 is 7.39. The Balaban J connectivity index is 2.22. The Morgan fingerprint density at radius 3 is 3.12 bits per heavy atom. The molecule has 1 aromatic heterocycles. The van der Waals surface area contributed by atoms with Gasteiger partial charge in [0.25, 0.3) is 0 Å². The Hall–Kier alpha value is -1.41. The average Bonchev–Trinajstić information content (AvgIpc) is 2.95. The van der Waals surface area contributed by atoms with Crippen molar-refractivity contribution in [2.24, 2.45) is 0 Å². The highest BCUT2D eigenvalue weighted by Gasteiger charge is 2.25. The molecular weight excluding hydrogens is 216 g/mol. The number of nitrogens with zero attached hydrogens (tertiary/aromatic N) is 4. The Labute approximate surface area is 101 Å². The van der Waals surface area contributed by atoms with Crippen LogP contribution in [0.1, 0.15) is 43.5 Å². The number of aromatic nitrogens is 3. The fourth-order valence-electron chi connectivity index (χ4n) is 2.23. The predicted molar refractivity (Wildman–Crippen MR) is 62.4 cm³/mol. The molecule has 1 atom stereocenters. The maximum absolute atomic E-state index is 8.81. The molecule has 0 aromatic carbocycles. The molecule has 1 unspecified atom stereocenters. The van der Waals surface area contributed by atoms with Crippen molar-refractivity contribution in [3.05, 3.63) is 11.4 Å². The van der Waals surface area contributed by atoms with Crippen LogP contribution in [0.4, 0.5) is 0 Å². The van der Waals surface area contributed by atoms with E-state index in [0.29, 0.717) is 12.3 Å². The molecule has 0 bridgehead atoms. The largest absolute Gasteiger partial charge is 0.381 e. The highest BCUT2D eigenvalue weighted by atomic mass is 16.5. The number of hydrogen-bond acceptors (Lipinski definition) is 4. The lowest BCUT2D eigenvalue weighted by Gasteiger charge is -2.11. The molecule has 1 saturated heterocycles. The summed E-state index contributed by atoms with van der Waals surface area (Å²) in [6.07, 6.45) is 3.58. The van der Waals surface area contributed by atoms with Crippen LogP contribution in [0.3, 0.4) is 0 Å². The number of nitriles is 1. The SMILES string of the molecule is CCCCn1nnc(CC#N)c1C1CCOC1. The minimum absolute atomic E-state index is 0.345. The summed E-state index contributed by atoms with van der Waals surface area (Å²) in [6, 6.07) is 2.16. The Morgan fingerprint density at radius 1 is 1.59 bits per heavy atom. The zero-order valence-electron chi connectivity index (χ0n) is 10.2. The van der Waals surface area contributed by atoms with Crippen LogP contribution < -0.4 is 0 Å². The first-order valence-corrected chi connectivity index (χ1v) is 6.23. The Morgan fingerprint density at radius 2 is 2.47 bits per heavy atom. The highest BCUT2D eigenvalue weighted by Crippen LogP contribution is 2.27. The highest BCUT2D eigenvalue weighted by molar-refractivity contribution is 5.19. The van der Waals surface area contributed by atoms with Gasteiger partial charge in [0.2, 0.25) is 0 Å². The molecule has 0 N–H and O–H groups in total. The van der Waals surface area contributed by atoms with Crippen LogP contribution in [0.25, 0.3) is 0 Å². The first kappa shape index (κ1) is 12.1. The topological polar surface area (TPSA) is 63.7 Å². The van der Waals surface area contributed by atoms with Crippen LogP contribution in [-0.4, -0.2) is 28.2 Å². The molecule has 2 rings (SSSR count). The van der Waals surface area contributed by atoms with Gasteiger partial charge in [0.05, 0.1) is 24.8 Å². The van der Waals surface area contributed by atoms with Crippen molar-refractivity contribution >= 4 is 0 Å². The van der Waals surface area contributed by atoms with Crippen molar-refractivity contribution < 1.29 is 4.74 Å². The van der Waals surface area contributed by atoms with Crippen molar-refractivity contribution in [2.75, 3.05) is 13.2 Å². The van der Waals surface area contributed by atoms with Crippen molar-refractivity contribution in [1.82, 2.24) is 15.0 Å². The molecule has 1 aliphatic heterocycles. The van der Waals surface area contributed by atoms with Gasteiger partial charge >= 0.3 is 0 Å². The third kappa shape index (κ3) is 2.64. The minimum Gasteiger partial charge on any atom is -0.381 e. The van der Waals surface area contributed by atoms with E-state index >= 15 is 0 Å². The van der Waals surface area contributed by atoms with Gasteiger partial charge in [-0.15, -0.1) is 5.10 Å². The molecule has 1 aliphatic rings. The normalized spacial score (nSPS) is 19.4. The third-order valence-corrected chi connectivity index (χ3v) is 3.13. The van der Waals surface area contributed by atoms with E-state index in [9.17, 15) is 0 Å². The number of rotatable bonds is 5. The predicted octanol–water partition coefficient (Wildman–Crippen LogP) is 1.65. The van der Waals surface area contributed by atoms with Gasteiger partial charge in [0, 0.05) is 19.1 Å². The summed E-state index contributed by atoms with van der Waals surface area (Å²) >= 11 is 0. The Kier molecular flexibility index (Phi) is 4.10. The van der Waals surface area contributed by atoms with Gasteiger partial charge < -0.3 is 4.74 Å². The fraction of sp³-hybridized carbons (Fsp3) is 0.750. The second-order valence-corrected chi connectivity index (χ2v) is 4.39. The molecule has 0 amide bonds. The van der Waals surface area contributed by atoms with Gasteiger partial charge in [-0.25, -0.2) is 4.68 Å². The van der Waals surface area contributed by atoms with Crippen LogP contribution >= 0.6 is 0 Å². The van der Waals surface area contributed by atoms with Crippen LogP contribution in [0.15, 0.2) is 0 Å². The number of aryl methyl sites for hydroxylation is 1. The van der Waals surface area contributed by atoms with E-state index in [1.165, 1.54) is 0 Å². The summed E-state index contributed by atoms with van der Waals surface area (Å²) in [5, 5.41) is 17.1. The molecule has 0 saturated carbocycles. The summed E-state index contributed by atoms with van der Waals surface area (Å²) in [5.74, 6) is 0.366. The summed E-state index contributed by atoms with van der Waals surface area (Å²) in [6.45, 7) is 4.58. The smallest absolute Gasteiger partial charge is 0.100 e. The molecule has 1 fully saturated rings. The van der Waals surface area contributed by atoms with Gasteiger partial charge in [-0.2, -0.15) is 5.26 Å². The molecule has 0 aliphatic carbocycles. The molecular formula is C12H18N4O. The summed E-state index contributed by atoms with van der Waals surface area (Å²) in [5.41, 5.74) is 1.96. The van der Waals surface area contributed by atoms with Crippen LogP contribution in [0.2, 0.25) is 0 Å². The van der Waals surface area contributed by atoms with Crippen molar-refractivity contribution in [3.8, 4) is 6.07 Å². The van der Waals surface area contributed by atoms with Crippen LogP contribution in [-0.2, 0) is 17.7 Å². The lowest BCUT2D eigenvalue weighted by atomic mass is 10.0. The zero-order chi connectivity index (χ0) is 12.1. The van der Waals surface area contributed by atoms with E-state index < -0.39 is 0 Å². The number of hydrogen-bond donors (Lipinski definition) is 0. The third-order valence-electron chi connectivity index (χ3n) is 3.13. The lowest BCUT2D eigenvalue weighted by molar-refractivity contribution is 0.193. The minimum atomic E-state index is 0.345. The first-order chi connectivity index (χ1) is 8.36. The molecule has 0 spiro atoms. The first-order valence-electron chi connectivity index (χ1n) is 6.23. The summed E-state index contributed by atoms with van der Waals surface area (Å²) in [7, 11) is 0. The molecule has 17 heavy (non-hydrogen) atoms. The van der Waals surface area contributed by atoms with Crippen molar-refractivity contribution in [3.63, 3.8) is 0 Å². The molecule has 5 nitrogen and oxygen atoms in total. The van der Waals surface area contributed by atoms with Gasteiger partial charge in [-0.1, -0.05) is 18.6 Å². The molecule has 1 aromatic rings. The van der Waals surface area contributed by atoms with Crippen molar-refractivity contribution in [2.45, 2.75) is 45.1 Å². The standard InChI is InChI=1S/C12H18N4O/c1-2-3-7-16-12(10-5-8-17-9-10)11(4-6-13)14-15-16/h10H,2-5,7-9H2,1H3. The molecule has 2 heterocycles. The van der Waals surface area contributed by atoms with Gasteiger partial charge in [0.1, 0.15) is 5.69 Å². The van der Waals surface area contributed by atoms with Crippen LogP contribution in [0, 0.1) is 11.3 Å². The average molecular weight is 234 g/mol. The van der Waals surface area contributed by atoms with E-state index in [4.69, 9.17) is 10.00 Å². The van der Waals surface area contributed by atoms with E-state index in [1.54, 1.807) is 0 Å². The van der Waals surface area contributed by atoms with Gasteiger partial charge in [-0.3, -0.25) is 0 Å². The van der Waals surface area contributed by atoms with E-state index in [-0.39, 0.29) is 0 Å². The van der Waals surface area contributed by atoms with E-state index in [1.807, 2.05) is 4.68 Å². The molecule has 92 valence electrons. The molecule has 5 heteroatoms. The van der Waals surface area contributed by atoms with E-state index in [2.05, 4.69) is 23.3 Å². The van der Waals surface area contributed by atoms with Crippen LogP contribution in [0.5, 0.6) is 0 Å². The second kappa shape index (κ2) is 5.78. The quantitative estimate of drug-likeness (QED) is 0.777. The Bertz CT molecular complexity index is 401. The number of ether oxygens (including phenoxy) is 1.